The normalized spacial score (nSPS) is 19.3. The Kier molecular flexibility index (Phi) is 9.08. The number of carbonyl (C=O) groups excluding carboxylic acids is 1. The number of nitrogens with zero attached hydrogens (tertiary/aromatic N) is 1. The van der Waals surface area contributed by atoms with E-state index in [-0.39, 0.29) is 29.5 Å². The standard InChI is InChI=1S/C29H32Cl2F2N2O6/c30-20-4-6-23-19(13-20)15-25(41-23)29(32,33)27(37)34-22(16-35-9-1-2-10-35)26(36)18-3-5-21(31)24(14-18)40-17-28(38)7-11-39-12-8-28/h3-6,13-15,22,26,36,38H,1-2,7-12,16-17H2,(H,34,37). The van der Waals surface area contributed by atoms with Gasteiger partial charge in [-0.25, -0.2) is 0 Å². The molecule has 0 radical (unpaired) electrons. The molecular formula is C29H32Cl2F2N2O6. The van der Waals surface area contributed by atoms with Crippen LogP contribution in [-0.2, 0) is 15.5 Å². The summed E-state index contributed by atoms with van der Waals surface area (Å²) in [6.07, 6.45) is 1.31. The first-order chi connectivity index (χ1) is 19.5. The van der Waals surface area contributed by atoms with Gasteiger partial charge in [0, 0.05) is 43.0 Å². The van der Waals surface area contributed by atoms with Crippen LogP contribution in [0.5, 0.6) is 5.75 Å². The molecule has 0 aliphatic carbocycles. The summed E-state index contributed by atoms with van der Waals surface area (Å²) in [5.74, 6) is -6.21. The molecule has 2 aliphatic heterocycles. The molecule has 222 valence electrons. The first-order valence-electron chi connectivity index (χ1n) is 13.6. The molecule has 5 rings (SSSR count). The van der Waals surface area contributed by atoms with Crippen LogP contribution in [0, 0.1) is 0 Å². The maximum Gasteiger partial charge on any atom is 0.380 e. The van der Waals surface area contributed by atoms with Gasteiger partial charge in [-0.3, -0.25) is 4.79 Å². The molecule has 0 bridgehead atoms. The monoisotopic (exact) mass is 612 g/mol. The number of carbonyl (C=O) groups is 1. The molecule has 2 fully saturated rings. The Morgan fingerprint density at radius 1 is 1.12 bits per heavy atom. The van der Waals surface area contributed by atoms with Crippen molar-refractivity contribution in [1.29, 1.82) is 0 Å². The van der Waals surface area contributed by atoms with Crippen molar-refractivity contribution < 1.29 is 37.7 Å². The first kappa shape index (κ1) is 30.0. The molecule has 8 nitrogen and oxygen atoms in total. The summed E-state index contributed by atoms with van der Waals surface area (Å²) in [4.78, 5) is 15.0. The van der Waals surface area contributed by atoms with Crippen molar-refractivity contribution in [1.82, 2.24) is 10.2 Å². The highest BCUT2D eigenvalue weighted by atomic mass is 35.5. The maximum atomic E-state index is 15.4. The van der Waals surface area contributed by atoms with E-state index in [2.05, 4.69) is 5.32 Å². The number of rotatable bonds is 10. The zero-order chi connectivity index (χ0) is 29.2. The molecule has 12 heteroatoms. The maximum absolute atomic E-state index is 15.4. The largest absolute Gasteiger partial charge is 0.489 e. The van der Waals surface area contributed by atoms with E-state index in [0.29, 0.717) is 42.0 Å². The predicted molar refractivity (Wildman–Crippen MR) is 150 cm³/mol. The summed E-state index contributed by atoms with van der Waals surface area (Å²) in [5, 5.41) is 25.4. The van der Waals surface area contributed by atoms with E-state index in [1.165, 1.54) is 30.3 Å². The number of ether oxygens (including phenoxy) is 2. The molecule has 0 spiro atoms. The van der Waals surface area contributed by atoms with Gasteiger partial charge in [0.25, 0.3) is 5.91 Å². The zero-order valence-electron chi connectivity index (χ0n) is 22.3. The topological polar surface area (TPSA) is 104 Å². The molecular weight excluding hydrogens is 581 g/mol. The van der Waals surface area contributed by atoms with Crippen molar-refractivity contribution in [2.75, 3.05) is 39.5 Å². The lowest BCUT2D eigenvalue weighted by Crippen LogP contribution is -2.50. The molecule has 0 saturated carbocycles. The van der Waals surface area contributed by atoms with Crippen LogP contribution in [0.25, 0.3) is 11.0 Å². The van der Waals surface area contributed by atoms with Crippen molar-refractivity contribution in [3.63, 3.8) is 0 Å². The van der Waals surface area contributed by atoms with Gasteiger partial charge in [-0.05, 0) is 67.9 Å². The average molecular weight is 613 g/mol. The predicted octanol–water partition coefficient (Wildman–Crippen LogP) is 5.07. The second-order valence-corrected chi connectivity index (χ2v) is 11.6. The molecule has 3 heterocycles. The van der Waals surface area contributed by atoms with Gasteiger partial charge >= 0.3 is 5.92 Å². The molecule has 3 aromatic rings. The van der Waals surface area contributed by atoms with Crippen LogP contribution in [0.1, 0.15) is 43.1 Å². The van der Waals surface area contributed by atoms with Crippen molar-refractivity contribution in [2.24, 2.45) is 0 Å². The van der Waals surface area contributed by atoms with Crippen molar-refractivity contribution in [3.05, 3.63) is 63.8 Å². The van der Waals surface area contributed by atoms with Crippen LogP contribution in [0.4, 0.5) is 8.78 Å². The number of hydrogen-bond donors (Lipinski definition) is 3. The summed E-state index contributed by atoms with van der Waals surface area (Å²) < 4.78 is 47.1. The quantitative estimate of drug-likeness (QED) is 0.294. The number of nitrogens with one attached hydrogen (secondary N) is 1. The average Bonchev–Trinajstić information content (AvgIpc) is 3.62. The Balaban J connectivity index is 1.35. The van der Waals surface area contributed by atoms with Gasteiger partial charge in [-0.2, -0.15) is 8.78 Å². The summed E-state index contributed by atoms with van der Waals surface area (Å²) in [7, 11) is 0. The molecule has 2 atom stereocenters. The third kappa shape index (κ3) is 6.96. The minimum Gasteiger partial charge on any atom is -0.489 e. The lowest BCUT2D eigenvalue weighted by Gasteiger charge is -2.32. The van der Waals surface area contributed by atoms with Crippen LogP contribution >= 0.6 is 23.2 Å². The first-order valence-corrected chi connectivity index (χ1v) is 14.3. The third-order valence-corrected chi connectivity index (χ3v) is 8.19. The van der Waals surface area contributed by atoms with E-state index in [0.717, 1.165) is 32.0 Å². The number of alkyl halides is 2. The highest BCUT2D eigenvalue weighted by Gasteiger charge is 2.46. The van der Waals surface area contributed by atoms with Gasteiger partial charge in [0.1, 0.15) is 29.6 Å². The second-order valence-electron chi connectivity index (χ2n) is 10.7. The number of furan rings is 1. The molecule has 1 amide bonds. The third-order valence-electron chi connectivity index (χ3n) is 7.64. The van der Waals surface area contributed by atoms with E-state index in [1.54, 1.807) is 6.07 Å². The minimum atomic E-state index is -4.01. The molecule has 2 aromatic carbocycles. The lowest BCUT2D eigenvalue weighted by molar-refractivity contribution is -0.151. The van der Waals surface area contributed by atoms with Gasteiger partial charge in [0.15, 0.2) is 5.76 Å². The Morgan fingerprint density at radius 3 is 2.59 bits per heavy atom. The van der Waals surface area contributed by atoms with Crippen LogP contribution in [0.2, 0.25) is 10.0 Å². The number of benzene rings is 2. The highest BCUT2D eigenvalue weighted by Crippen LogP contribution is 2.35. The number of fused-ring (bicyclic) bond motifs is 1. The number of likely N-dealkylation sites (tertiary alicyclic amines) is 1. The fourth-order valence-electron chi connectivity index (χ4n) is 5.16. The number of halogens is 4. The fraction of sp³-hybridized carbons (Fsp3) is 0.483. The molecule has 41 heavy (non-hydrogen) atoms. The molecule has 2 aliphatic rings. The second kappa shape index (κ2) is 12.4. The SMILES string of the molecule is O=C(NC(CN1CCCC1)C(O)c1ccc(Cl)c(OCC2(O)CCOCC2)c1)C(F)(F)c1cc2cc(Cl)ccc2o1. The summed E-state index contributed by atoms with van der Waals surface area (Å²) in [6, 6.07) is 9.00. The Bertz CT molecular complexity index is 1370. The smallest absolute Gasteiger partial charge is 0.380 e. The minimum absolute atomic E-state index is 0.0293. The fourth-order valence-corrected chi connectivity index (χ4v) is 5.51. The van der Waals surface area contributed by atoms with E-state index in [9.17, 15) is 15.0 Å². The summed E-state index contributed by atoms with van der Waals surface area (Å²) in [6.45, 7) is 2.39. The van der Waals surface area contributed by atoms with E-state index in [4.69, 9.17) is 37.1 Å². The Labute approximate surface area is 246 Å². The van der Waals surface area contributed by atoms with Crippen LogP contribution in [-0.4, -0.2) is 72.1 Å². The van der Waals surface area contributed by atoms with Crippen LogP contribution in [0.15, 0.2) is 46.9 Å². The molecule has 2 unspecified atom stereocenters. The van der Waals surface area contributed by atoms with Gasteiger partial charge in [0.05, 0.1) is 11.1 Å². The van der Waals surface area contributed by atoms with E-state index >= 15 is 8.78 Å². The summed E-state index contributed by atoms with van der Waals surface area (Å²) >= 11 is 12.3. The Morgan fingerprint density at radius 2 is 1.85 bits per heavy atom. The van der Waals surface area contributed by atoms with Crippen molar-refractivity contribution in [2.45, 2.75) is 49.4 Å². The number of hydrogen-bond acceptors (Lipinski definition) is 7. The lowest BCUT2D eigenvalue weighted by atomic mass is 9.95. The van der Waals surface area contributed by atoms with Crippen LogP contribution < -0.4 is 10.1 Å². The van der Waals surface area contributed by atoms with Crippen LogP contribution in [0.3, 0.4) is 0 Å². The van der Waals surface area contributed by atoms with Gasteiger partial charge in [-0.1, -0.05) is 29.3 Å². The van der Waals surface area contributed by atoms with Gasteiger partial charge < -0.3 is 34.3 Å². The summed E-state index contributed by atoms with van der Waals surface area (Å²) in [5.41, 5.74) is -0.588. The molecule has 3 N–H and O–H groups in total. The number of aliphatic hydroxyl groups excluding tert-OH is 1. The number of aliphatic hydroxyl groups is 2. The van der Waals surface area contributed by atoms with E-state index in [1.807, 2.05) is 4.90 Å². The van der Waals surface area contributed by atoms with Gasteiger partial charge in [-0.15, -0.1) is 0 Å². The molecule has 2 saturated heterocycles. The molecule has 1 aromatic heterocycles. The van der Waals surface area contributed by atoms with E-state index < -0.39 is 35.3 Å². The highest BCUT2D eigenvalue weighted by molar-refractivity contribution is 6.32. The Hall–Kier alpha value is -2.47. The van der Waals surface area contributed by atoms with Crippen molar-refractivity contribution >= 4 is 40.1 Å². The van der Waals surface area contributed by atoms with Gasteiger partial charge in [0.2, 0.25) is 0 Å². The van der Waals surface area contributed by atoms with Crippen molar-refractivity contribution in [3.8, 4) is 5.75 Å². The number of amides is 1. The zero-order valence-corrected chi connectivity index (χ0v) is 23.8.